The fraction of sp³-hybridized carbons (Fsp3) is 0.556. The zero-order chi connectivity index (χ0) is 18.5. The molecule has 0 bridgehead atoms. The number of carbonyl (C=O) groups excluding carboxylic acids is 2. The fourth-order valence-electron chi connectivity index (χ4n) is 3.44. The van der Waals surface area contributed by atoms with Crippen molar-refractivity contribution in [3.8, 4) is 11.5 Å². The van der Waals surface area contributed by atoms with E-state index < -0.39 is 0 Å². The summed E-state index contributed by atoms with van der Waals surface area (Å²) in [7, 11) is 1.64. The van der Waals surface area contributed by atoms with Gasteiger partial charge in [-0.25, -0.2) is 0 Å². The highest BCUT2D eigenvalue weighted by atomic mass is 32.2. The van der Waals surface area contributed by atoms with Crippen molar-refractivity contribution in [2.75, 3.05) is 38.8 Å². The molecule has 8 heteroatoms. The molecule has 0 aromatic heterocycles. The first-order valence-electron chi connectivity index (χ1n) is 8.73. The highest BCUT2D eigenvalue weighted by molar-refractivity contribution is 7.99. The highest BCUT2D eigenvalue weighted by Gasteiger charge is 2.37. The number of nitrogens with one attached hydrogen (secondary N) is 2. The number of hydrogen-bond donors (Lipinski definition) is 2. The Morgan fingerprint density at radius 1 is 1.27 bits per heavy atom. The van der Waals surface area contributed by atoms with E-state index in [0.29, 0.717) is 38.5 Å². The summed E-state index contributed by atoms with van der Waals surface area (Å²) in [5.74, 6) is 1.92. The van der Waals surface area contributed by atoms with Gasteiger partial charge in [-0.3, -0.25) is 14.5 Å². The Kier molecular flexibility index (Phi) is 6.26. The van der Waals surface area contributed by atoms with Gasteiger partial charge in [-0.15, -0.1) is 0 Å². The monoisotopic (exact) mass is 379 g/mol. The molecule has 0 unspecified atom stereocenters. The normalized spacial score (nSPS) is 22.1. The number of carbonyl (C=O) groups is 2. The van der Waals surface area contributed by atoms with Crippen LogP contribution < -0.4 is 20.1 Å². The third kappa shape index (κ3) is 4.42. The molecule has 2 amide bonds. The molecule has 0 spiro atoms. The minimum atomic E-state index is -0.257. The van der Waals surface area contributed by atoms with Crippen LogP contribution in [0.1, 0.15) is 12.0 Å². The molecule has 0 radical (unpaired) electrons. The molecule has 1 aromatic carbocycles. The number of ether oxygens (including phenoxy) is 2. The van der Waals surface area contributed by atoms with E-state index in [2.05, 4.69) is 15.5 Å². The Bertz CT molecular complexity index is 670. The van der Waals surface area contributed by atoms with Crippen molar-refractivity contribution in [3.05, 3.63) is 23.8 Å². The first kappa shape index (κ1) is 18.8. The van der Waals surface area contributed by atoms with E-state index in [9.17, 15) is 9.59 Å². The molecule has 2 N–H and O–H groups in total. The Morgan fingerprint density at radius 2 is 2.04 bits per heavy atom. The summed E-state index contributed by atoms with van der Waals surface area (Å²) >= 11 is 1.49. The average molecular weight is 379 g/mol. The summed E-state index contributed by atoms with van der Waals surface area (Å²) in [6.45, 7) is 2.37. The van der Waals surface area contributed by atoms with E-state index >= 15 is 0 Å². The topological polar surface area (TPSA) is 79.9 Å². The second-order valence-electron chi connectivity index (χ2n) is 6.47. The van der Waals surface area contributed by atoms with E-state index in [4.69, 9.17) is 9.47 Å². The van der Waals surface area contributed by atoms with E-state index in [-0.39, 0.29) is 23.9 Å². The second kappa shape index (κ2) is 8.64. The summed E-state index contributed by atoms with van der Waals surface area (Å²) in [5.41, 5.74) is 1.05. The van der Waals surface area contributed by atoms with Crippen LogP contribution in [0.3, 0.4) is 0 Å². The highest BCUT2D eigenvalue weighted by Crippen LogP contribution is 2.32. The summed E-state index contributed by atoms with van der Waals surface area (Å²) in [4.78, 5) is 26.3. The molecule has 0 saturated carbocycles. The Balaban J connectivity index is 1.69. The molecule has 2 heterocycles. The first-order chi connectivity index (χ1) is 12.6. The van der Waals surface area contributed by atoms with Gasteiger partial charge in [0.2, 0.25) is 11.8 Å². The SMILES string of the molecule is CNC(=O)[C@@H]1C[C@@H](NC(=O)CSC)CN1Cc1ccc2c(c1)OCCO2. The molecule has 3 rings (SSSR count). The maximum absolute atomic E-state index is 12.3. The number of likely N-dealkylation sites (tertiary alicyclic amines) is 1. The first-order valence-corrected chi connectivity index (χ1v) is 10.1. The lowest BCUT2D eigenvalue weighted by Gasteiger charge is -2.24. The van der Waals surface area contributed by atoms with Gasteiger partial charge in [0, 0.05) is 26.2 Å². The summed E-state index contributed by atoms with van der Waals surface area (Å²) in [6, 6.07) is 5.59. The van der Waals surface area contributed by atoms with Crippen LogP contribution in [0, 0.1) is 0 Å². The predicted molar refractivity (Wildman–Crippen MR) is 101 cm³/mol. The average Bonchev–Trinajstić information content (AvgIpc) is 3.03. The summed E-state index contributed by atoms with van der Waals surface area (Å²) in [5, 5.41) is 5.76. The molecular formula is C18H25N3O4S. The van der Waals surface area contributed by atoms with E-state index in [1.165, 1.54) is 11.8 Å². The van der Waals surface area contributed by atoms with Crippen LogP contribution in [0.15, 0.2) is 18.2 Å². The van der Waals surface area contributed by atoms with E-state index in [1.54, 1.807) is 7.05 Å². The van der Waals surface area contributed by atoms with Crippen LogP contribution in [0.4, 0.5) is 0 Å². The number of amides is 2. The molecule has 1 aromatic rings. The Hall–Kier alpha value is -1.93. The minimum absolute atomic E-state index is 0.0133. The van der Waals surface area contributed by atoms with Crippen molar-refractivity contribution in [3.63, 3.8) is 0 Å². The van der Waals surface area contributed by atoms with Gasteiger partial charge < -0.3 is 20.1 Å². The number of benzene rings is 1. The van der Waals surface area contributed by atoms with Crippen molar-refractivity contribution in [1.29, 1.82) is 0 Å². The summed E-state index contributed by atoms with van der Waals surface area (Å²) in [6.07, 6.45) is 2.51. The molecule has 26 heavy (non-hydrogen) atoms. The maximum Gasteiger partial charge on any atom is 0.237 e. The van der Waals surface area contributed by atoms with Crippen LogP contribution in [-0.2, 0) is 16.1 Å². The molecular weight excluding hydrogens is 354 g/mol. The Morgan fingerprint density at radius 3 is 2.77 bits per heavy atom. The number of hydrogen-bond acceptors (Lipinski definition) is 6. The van der Waals surface area contributed by atoms with Gasteiger partial charge in [0.15, 0.2) is 11.5 Å². The molecule has 2 atom stereocenters. The second-order valence-corrected chi connectivity index (χ2v) is 7.34. The van der Waals surface area contributed by atoms with Crippen molar-refractivity contribution in [2.45, 2.75) is 25.0 Å². The van der Waals surface area contributed by atoms with Crippen LogP contribution in [0.25, 0.3) is 0 Å². The van der Waals surface area contributed by atoms with Gasteiger partial charge in [-0.2, -0.15) is 11.8 Å². The lowest BCUT2D eigenvalue weighted by Crippen LogP contribution is -2.41. The number of thioether (sulfide) groups is 1. The quantitative estimate of drug-likeness (QED) is 0.755. The number of fused-ring (bicyclic) bond motifs is 1. The third-order valence-electron chi connectivity index (χ3n) is 4.59. The van der Waals surface area contributed by atoms with Gasteiger partial charge in [0.05, 0.1) is 11.8 Å². The van der Waals surface area contributed by atoms with Gasteiger partial charge >= 0.3 is 0 Å². The van der Waals surface area contributed by atoms with Crippen LogP contribution in [0.2, 0.25) is 0 Å². The van der Waals surface area contributed by atoms with Gasteiger partial charge in [-0.1, -0.05) is 6.07 Å². The predicted octanol–water partition coefficient (Wildman–Crippen LogP) is 0.626. The molecule has 1 saturated heterocycles. The molecule has 7 nitrogen and oxygen atoms in total. The van der Waals surface area contributed by atoms with Crippen LogP contribution in [0.5, 0.6) is 11.5 Å². The zero-order valence-corrected chi connectivity index (χ0v) is 15.9. The molecule has 142 valence electrons. The van der Waals surface area contributed by atoms with Crippen molar-refractivity contribution in [1.82, 2.24) is 15.5 Å². The van der Waals surface area contributed by atoms with E-state index in [0.717, 1.165) is 17.1 Å². The Labute approximate surface area is 157 Å². The van der Waals surface area contributed by atoms with Crippen molar-refractivity contribution >= 4 is 23.6 Å². The maximum atomic E-state index is 12.3. The standard InChI is InChI=1S/C18H25N3O4S/c1-19-18(23)14-8-13(20-17(22)11-26-2)10-21(14)9-12-3-4-15-16(7-12)25-6-5-24-15/h3-4,7,13-14H,5-6,8-11H2,1-2H3,(H,19,23)(H,20,22)/t13-,14+/m1/s1. The van der Waals surface area contributed by atoms with E-state index in [1.807, 2.05) is 24.5 Å². The molecule has 2 aliphatic rings. The van der Waals surface area contributed by atoms with Gasteiger partial charge in [0.25, 0.3) is 0 Å². The lowest BCUT2D eigenvalue weighted by molar-refractivity contribution is -0.125. The smallest absolute Gasteiger partial charge is 0.237 e. The zero-order valence-electron chi connectivity index (χ0n) is 15.1. The van der Waals surface area contributed by atoms with Gasteiger partial charge in [0.1, 0.15) is 13.2 Å². The minimum Gasteiger partial charge on any atom is -0.486 e. The third-order valence-corrected chi connectivity index (χ3v) is 5.14. The number of likely N-dealkylation sites (N-methyl/N-ethyl adjacent to an activating group) is 1. The largest absolute Gasteiger partial charge is 0.486 e. The van der Waals surface area contributed by atoms with Crippen LogP contribution in [-0.4, -0.2) is 67.6 Å². The number of rotatable bonds is 6. The van der Waals surface area contributed by atoms with Crippen molar-refractivity contribution in [2.24, 2.45) is 0 Å². The molecule has 1 fully saturated rings. The van der Waals surface area contributed by atoms with Crippen molar-refractivity contribution < 1.29 is 19.1 Å². The lowest BCUT2D eigenvalue weighted by atomic mass is 10.1. The van der Waals surface area contributed by atoms with Gasteiger partial charge in [-0.05, 0) is 30.4 Å². The number of nitrogens with zero attached hydrogens (tertiary/aromatic N) is 1. The molecule has 2 aliphatic heterocycles. The summed E-state index contributed by atoms with van der Waals surface area (Å²) < 4.78 is 11.2. The fourth-order valence-corrected chi connectivity index (χ4v) is 3.79. The molecule has 0 aliphatic carbocycles. The van der Waals surface area contributed by atoms with Crippen LogP contribution >= 0.6 is 11.8 Å².